The van der Waals surface area contributed by atoms with E-state index in [-0.39, 0.29) is 11.8 Å². The van der Waals surface area contributed by atoms with E-state index >= 15 is 0 Å². The lowest BCUT2D eigenvalue weighted by Crippen LogP contribution is -2.32. The molecule has 62 heavy (non-hydrogen) atoms. The van der Waals surface area contributed by atoms with Gasteiger partial charge in [0, 0.05) is 45.7 Å². The van der Waals surface area contributed by atoms with Crippen LogP contribution in [0.2, 0.25) is 0 Å². The second-order valence-corrected chi connectivity index (χ2v) is 19.7. The third-order valence-electron chi connectivity index (χ3n) is 15.2. The maximum atomic E-state index is 2.61. The number of rotatable bonds is 10. The van der Waals surface area contributed by atoms with Crippen molar-refractivity contribution in [3.05, 3.63) is 185 Å². The topological polar surface area (TPSA) is 6.48 Å². The lowest BCUT2D eigenvalue weighted by molar-refractivity contribution is 0.285. The maximum absolute atomic E-state index is 2.61. The van der Waals surface area contributed by atoms with Gasteiger partial charge >= 0.3 is 0 Å². The number of allylic oxidation sites excluding steroid dienone is 7. The van der Waals surface area contributed by atoms with Gasteiger partial charge in [0.1, 0.15) is 0 Å². The molecular formula is C60H66N2. The summed E-state index contributed by atoms with van der Waals surface area (Å²) in [4.78, 5) is 5.15. The van der Waals surface area contributed by atoms with E-state index in [1.807, 2.05) is 0 Å². The van der Waals surface area contributed by atoms with Crippen LogP contribution in [0.3, 0.4) is 0 Å². The molecule has 316 valence electrons. The summed E-state index contributed by atoms with van der Waals surface area (Å²) >= 11 is 0. The molecule has 2 saturated carbocycles. The van der Waals surface area contributed by atoms with Crippen molar-refractivity contribution in [3.63, 3.8) is 0 Å². The van der Waals surface area contributed by atoms with Crippen molar-refractivity contribution < 1.29 is 0 Å². The van der Waals surface area contributed by atoms with E-state index in [4.69, 9.17) is 0 Å². The largest absolute Gasteiger partial charge is 0.314 e. The summed E-state index contributed by atoms with van der Waals surface area (Å²) in [5, 5.41) is 2.59. The minimum absolute atomic E-state index is 0.185. The molecule has 2 heteroatoms. The Kier molecular flexibility index (Phi) is 11.7. The van der Waals surface area contributed by atoms with Gasteiger partial charge in [-0.25, -0.2) is 0 Å². The first-order valence-electron chi connectivity index (χ1n) is 24.3. The van der Waals surface area contributed by atoms with Crippen LogP contribution in [-0.2, 0) is 0 Å². The van der Waals surface area contributed by atoms with Crippen LogP contribution >= 0.6 is 0 Å². The normalized spacial score (nSPS) is 21.5. The third kappa shape index (κ3) is 7.95. The molecule has 0 heterocycles. The van der Waals surface area contributed by atoms with Crippen molar-refractivity contribution in [3.8, 4) is 0 Å². The average molecular weight is 815 g/mol. The van der Waals surface area contributed by atoms with Crippen LogP contribution in [-0.4, -0.2) is 0 Å². The van der Waals surface area contributed by atoms with Gasteiger partial charge in [0.15, 0.2) is 0 Å². The molecule has 0 spiro atoms. The number of fused-ring (bicyclic) bond motifs is 5. The van der Waals surface area contributed by atoms with Crippen molar-refractivity contribution in [1.82, 2.24) is 0 Å². The molecule has 3 unspecified atom stereocenters. The van der Waals surface area contributed by atoms with E-state index in [0.717, 1.165) is 12.3 Å². The van der Waals surface area contributed by atoms with Gasteiger partial charge < -0.3 is 9.80 Å². The zero-order valence-corrected chi connectivity index (χ0v) is 37.6. The molecule has 2 fully saturated rings. The van der Waals surface area contributed by atoms with Crippen molar-refractivity contribution >= 4 is 39.6 Å². The van der Waals surface area contributed by atoms with E-state index in [1.165, 1.54) is 137 Å². The zero-order chi connectivity index (χ0) is 42.2. The molecular weight excluding hydrogens is 749 g/mol. The Labute approximate surface area is 372 Å². The minimum Gasteiger partial charge on any atom is -0.314 e. The van der Waals surface area contributed by atoms with Crippen LogP contribution in [0.1, 0.15) is 150 Å². The summed E-state index contributed by atoms with van der Waals surface area (Å²) < 4.78 is 0. The molecule has 2 nitrogen and oxygen atoms in total. The Bertz CT molecular complexity index is 2510. The fourth-order valence-electron chi connectivity index (χ4n) is 11.6. The standard InChI is InChI=1S/C60H66N2/c1-41(2)43-23-31-49(32-24-43)61(51-35-27-47(28-36-51)45-15-7-5-8-16-45)59-39-57-54-20-12-14-22-56(54)60(40-58(57)53-19-11-13-21-55(53)59)62(50-33-25-44(26-34-50)42(3)4)52-37-29-48(30-38-52)46-17-9-6-10-18-46/h11-14,19-29,31-42,45-46,48,54,56H,5-10,15-18,30H2,1-4H3. The van der Waals surface area contributed by atoms with Gasteiger partial charge in [0.25, 0.3) is 0 Å². The molecule has 0 saturated heterocycles. The Morgan fingerprint density at radius 3 is 1.71 bits per heavy atom. The average Bonchev–Trinajstić information content (AvgIpc) is 3.33. The molecule has 0 radical (unpaired) electrons. The molecule has 0 aromatic heterocycles. The summed E-state index contributed by atoms with van der Waals surface area (Å²) in [6.07, 6.45) is 34.4. The highest BCUT2D eigenvalue weighted by molar-refractivity contribution is 6.05. The van der Waals surface area contributed by atoms with E-state index < -0.39 is 0 Å². The van der Waals surface area contributed by atoms with E-state index in [0.29, 0.717) is 23.7 Å². The Morgan fingerprint density at radius 2 is 1.11 bits per heavy atom. The van der Waals surface area contributed by atoms with Crippen molar-refractivity contribution in [2.24, 2.45) is 17.8 Å². The van der Waals surface area contributed by atoms with E-state index in [9.17, 15) is 0 Å². The van der Waals surface area contributed by atoms with Crippen LogP contribution in [0, 0.1) is 17.8 Å². The predicted octanol–water partition coefficient (Wildman–Crippen LogP) is 17.3. The first kappa shape index (κ1) is 40.7. The second-order valence-electron chi connectivity index (χ2n) is 19.7. The van der Waals surface area contributed by atoms with Gasteiger partial charge in [-0.15, -0.1) is 0 Å². The summed E-state index contributed by atoms with van der Waals surface area (Å²) in [7, 11) is 0. The number of benzene rings is 5. The van der Waals surface area contributed by atoms with Crippen molar-refractivity contribution in [2.45, 2.75) is 122 Å². The van der Waals surface area contributed by atoms with E-state index in [2.05, 4.69) is 189 Å². The fraction of sp³-hybridized carbons (Fsp3) is 0.367. The minimum atomic E-state index is 0.185. The first-order valence-corrected chi connectivity index (χ1v) is 24.3. The van der Waals surface area contributed by atoms with Gasteiger partial charge in [-0.1, -0.05) is 163 Å². The molecule has 3 atom stereocenters. The van der Waals surface area contributed by atoms with Crippen LogP contribution < -0.4 is 9.80 Å². The second kappa shape index (κ2) is 17.8. The zero-order valence-electron chi connectivity index (χ0n) is 37.6. The predicted molar refractivity (Wildman–Crippen MR) is 266 cm³/mol. The van der Waals surface area contributed by atoms with Crippen molar-refractivity contribution in [1.29, 1.82) is 0 Å². The molecule has 5 aromatic rings. The summed E-state index contributed by atoms with van der Waals surface area (Å²) in [5.41, 5.74) is 14.5. The highest BCUT2D eigenvalue weighted by Gasteiger charge is 2.36. The molecule has 10 rings (SSSR count). The summed E-state index contributed by atoms with van der Waals surface area (Å²) in [6, 6.07) is 40.2. The van der Waals surface area contributed by atoms with Gasteiger partial charge in [-0.05, 0) is 150 Å². The summed E-state index contributed by atoms with van der Waals surface area (Å²) in [5.74, 6) is 3.48. The highest BCUT2D eigenvalue weighted by Crippen LogP contribution is 2.51. The lowest BCUT2D eigenvalue weighted by atomic mass is 9.73. The third-order valence-corrected chi connectivity index (χ3v) is 15.2. The molecule has 5 aliphatic carbocycles. The van der Waals surface area contributed by atoms with Crippen molar-refractivity contribution in [2.75, 3.05) is 9.80 Å². The van der Waals surface area contributed by atoms with Gasteiger partial charge in [0.2, 0.25) is 0 Å². The van der Waals surface area contributed by atoms with Crippen LogP contribution in [0.25, 0.3) is 16.8 Å². The Hall–Kier alpha value is -5.34. The monoisotopic (exact) mass is 815 g/mol. The van der Waals surface area contributed by atoms with Gasteiger partial charge in [-0.3, -0.25) is 0 Å². The number of hydrogen-bond donors (Lipinski definition) is 0. The number of anilines is 4. The Balaban J connectivity index is 1.12. The first-order chi connectivity index (χ1) is 30.4. The lowest BCUT2D eigenvalue weighted by Gasteiger charge is -2.41. The SMILES string of the molecule is CC(C)c1ccc(N(C2=CCC(C3CCCCC3)C=C2)C2=Cc3c(cc(N(c4ccc(C(C)C)cc4)c4ccc(C5CCCCC5)cc4)c4ccccc34)C3C=CC=CC23)cc1. The molecule has 5 aromatic carbocycles. The molecule has 5 aliphatic rings. The van der Waals surface area contributed by atoms with E-state index in [1.54, 1.807) is 0 Å². The number of hydrogen-bond acceptors (Lipinski definition) is 2. The van der Waals surface area contributed by atoms with Crippen LogP contribution in [0.5, 0.6) is 0 Å². The smallest absolute Gasteiger partial charge is 0.0543 e. The molecule has 0 N–H and O–H groups in total. The fourth-order valence-corrected chi connectivity index (χ4v) is 11.6. The molecule has 0 aliphatic heterocycles. The Morgan fingerprint density at radius 1 is 0.548 bits per heavy atom. The van der Waals surface area contributed by atoms with Gasteiger partial charge in [-0.2, -0.15) is 0 Å². The quantitative estimate of drug-likeness (QED) is 0.139. The maximum Gasteiger partial charge on any atom is 0.0543 e. The summed E-state index contributed by atoms with van der Waals surface area (Å²) in [6.45, 7) is 9.16. The van der Waals surface area contributed by atoms with Crippen LogP contribution in [0.15, 0.2) is 157 Å². The van der Waals surface area contributed by atoms with Crippen LogP contribution in [0.4, 0.5) is 22.7 Å². The highest BCUT2D eigenvalue weighted by atomic mass is 15.2. The molecule has 0 amide bonds. The molecule has 0 bridgehead atoms. The van der Waals surface area contributed by atoms with Gasteiger partial charge in [0.05, 0.1) is 5.69 Å². The number of nitrogens with zero attached hydrogens (tertiary/aromatic N) is 2.